The molecule has 7 heteroatoms. The Morgan fingerprint density at radius 1 is 1.73 bits per heavy atom. The quantitative estimate of drug-likeness (QED) is 0.476. The number of rotatable bonds is 3. The first-order chi connectivity index (χ1) is 5.25. The zero-order valence-corrected chi connectivity index (χ0v) is 6.01. The van der Waals surface area contributed by atoms with Crippen molar-refractivity contribution in [3.63, 3.8) is 0 Å². The van der Waals surface area contributed by atoms with Crippen LogP contribution in [0.5, 0.6) is 0 Å². The van der Waals surface area contributed by atoms with Crippen LogP contribution in [0, 0.1) is 0 Å². The molecule has 0 unspecified atom stereocenters. The fourth-order valence-electron chi connectivity index (χ4n) is 0.695. The molecule has 0 spiro atoms. The molecular weight excluding hydrogens is 149 g/mol. The number of ether oxygens (including phenoxy) is 1. The van der Waals surface area contributed by atoms with Gasteiger partial charge in [-0.1, -0.05) is 0 Å². The number of methoxy groups -OCH3 is 1. The Hall–Kier alpha value is -0.915. The molecule has 11 heavy (non-hydrogen) atoms. The van der Waals surface area contributed by atoms with E-state index < -0.39 is 7.12 Å². The monoisotopic (exact) mass is 157 g/mol. The van der Waals surface area contributed by atoms with Gasteiger partial charge in [-0.15, -0.1) is 0 Å². The summed E-state index contributed by atoms with van der Waals surface area (Å²) in [5.41, 5.74) is 0.0758. The molecule has 0 saturated carbocycles. The van der Waals surface area contributed by atoms with Crippen LogP contribution in [0.3, 0.4) is 0 Å². The van der Waals surface area contributed by atoms with E-state index in [4.69, 9.17) is 14.8 Å². The average Bonchev–Trinajstić information content (AvgIpc) is 2.36. The molecule has 0 atom stereocenters. The summed E-state index contributed by atoms with van der Waals surface area (Å²) in [6, 6.07) is 0. The van der Waals surface area contributed by atoms with Crippen LogP contribution in [-0.4, -0.2) is 39.0 Å². The van der Waals surface area contributed by atoms with Gasteiger partial charge < -0.3 is 14.8 Å². The molecule has 1 rings (SSSR count). The predicted molar refractivity (Wildman–Crippen MR) is 36.9 cm³/mol. The smallest absolute Gasteiger partial charge is 0.421 e. The van der Waals surface area contributed by atoms with E-state index >= 15 is 0 Å². The second-order valence-electron chi connectivity index (χ2n) is 1.91. The van der Waals surface area contributed by atoms with Crippen molar-refractivity contribution in [3.8, 4) is 0 Å². The lowest BCUT2D eigenvalue weighted by Gasteiger charge is -2.01. The zero-order valence-electron chi connectivity index (χ0n) is 6.01. The Bertz CT molecular complexity index is 226. The molecule has 1 aromatic rings. The van der Waals surface area contributed by atoms with Gasteiger partial charge in [0, 0.05) is 7.11 Å². The van der Waals surface area contributed by atoms with Crippen LogP contribution in [0.2, 0.25) is 0 Å². The fourth-order valence-corrected chi connectivity index (χ4v) is 0.695. The molecule has 0 aliphatic rings. The van der Waals surface area contributed by atoms with Crippen molar-refractivity contribution in [2.75, 3.05) is 7.11 Å². The highest BCUT2D eigenvalue weighted by molar-refractivity contribution is 6.56. The van der Waals surface area contributed by atoms with Gasteiger partial charge in [-0.25, -0.2) is 9.67 Å². The van der Waals surface area contributed by atoms with E-state index in [-0.39, 0.29) is 12.5 Å². The fraction of sp³-hybridized carbons (Fsp3) is 0.500. The van der Waals surface area contributed by atoms with Gasteiger partial charge in [0.2, 0.25) is 0 Å². The molecule has 0 bridgehead atoms. The highest BCUT2D eigenvalue weighted by Gasteiger charge is 2.18. The topological polar surface area (TPSA) is 80.4 Å². The first-order valence-corrected chi connectivity index (χ1v) is 2.98. The van der Waals surface area contributed by atoms with Crippen molar-refractivity contribution < 1.29 is 14.8 Å². The van der Waals surface area contributed by atoms with E-state index in [2.05, 4.69) is 10.1 Å². The molecule has 0 aliphatic heterocycles. The minimum Gasteiger partial charge on any atom is -0.421 e. The third-order valence-corrected chi connectivity index (χ3v) is 1.13. The molecule has 0 saturated heterocycles. The Kier molecular flexibility index (Phi) is 2.58. The van der Waals surface area contributed by atoms with Gasteiger partial charge in [-0.2, -0.15) is 5.10 Å². The zero-order chi connectivity index (χ0) is 8.27. The molecule has 1 heterocycles. The highest BCUT2D eigenvalue weighted by Crippen LogP contribution is 1.79. The summed E-state index contributed by atoms with van der Waals surface area (Å²) in [7, 11) is -0.123. The standard InChI is InChI=1S/C4H8BN3O3/c1-11-3-8-4(5(9)10)6-2-7-8/h2,9-10H,3H2,1H3. The van der Waals surface area contributed by atoms with Crippen molar-refractivity contribution in [1.82, 2.24) is 14.8 Å². The molecule has 0 aromatic carbocycles. The summed E-state index contributed by atoms with van der Waals surface area (Å²) < 4.78 is 5.97. The predicted octanol–water partition coefficient (Wildman–Crippen LogP) is -2.44. The molecule has 0 amide bonds. The molecule has 2 N–H and O–H groups in total. The summed E-state index contributed by atoms with van der Waals surface area (Å²) in [4.78, 5) is 3.61. The van der Waals surface area contributed by atoms with Gasteiger partial charge in [0.1, 0.15) is 13.1 Å². The second-order valence-corrected chi connectivity index (χ2v) is 1.91. The lowest BCUT2D eigenvalue weighted by molar-refractivity contribution is 0.122. The normalized spacial score (nSPS) is 10.1. The first-order valence-electron chi connectivity index (χ1n) is 2.98. The van der Waals surface area contributed by atoms with Crippen molar-refractivity contribution >= 4 is 12.8 Å². The summed E-state index contributed by atoms with van der Waals surface area (Å²) in [5.74, 6) is 0. The molecule has 0 fully saturated rings. The van der Waals surface area contributed by atoms with E-state index in [0.29, 0.717) is 0 Å². The number of aromatic nitrogens is 3. The molecule has 0 aliphatic carbocycles. The Labute approximate surface area is 63.6 Å². The molecule has 60 valence electrons. The molecule has 0 radical (unpaired) electrons. The third kappa shape index (κ3) is 1.76. The van der Waals surface area contributed by atoms with Crippen molar-refractivity contribution in [2.45, 2.75) is 6.73 Å². The number of hydrogen-bond acceptors (Lipinski definition) is 5. The van der Waals surface area contributed by atoms with Crippen LogP contribution < -0.4 is 5.72 Å². The lowest BCUT2D eigenvalue weighted by atomic mass is 9.91. The summed E-state index contributed by atoms with van der Waals surface area (Å²) in [6.07, 6.45) is 1.23. The SMILES string of the molecule is COCn1ncnc1B(O)O. The van der Waals surface area contributed by atoms with Crippen LogP contribution in [0.15, 0.2) is 6.33 Å². The van der Waals surface area contributed by atoms with Crippen molar-refractivity contribution in [2.24, 2.45) is 0 Å². The van der Waals surface area contributed by atoms with Crippen LogP contribution in [0.25, 0.3) is 0 Å². The number of nitrogens with zero attached hydrogens (tertiary/aromatic N) is 3. The maximum atomic E-state index is 8.70. The minimum absolute atomic E-state index is 0.0758. The summed E-state index contributed by atoms with van der Waals surface area (Å²) >= 11 is 0. The summed E-state index contributed by atoms with van der Waals surface area (Å²) in [5, 5.41) is 21.1. The van der Waals surface area contributed by atoms with E-state index in [9.17, 15) is 0 Å². The molecular formula is C4H8BN3O3. The van der Waals surface area contributed by atoms with Crippen molar-refractivity contribution in [1.29, 1.82) is 0 Å². The second kappa shape index (κ2) is 3.47. The van der Waals surface area contributed by atoms with Gasteiger partial charge in [-0.05, 0) is 0 Å². The Morgan fingerprint density at radius 2 is 2.45 bits per heavy atom. The van der Waals surface area contributed by atoms with Crippen LogP contribution in [-0.2, 0) is 11.5 Å². The highest BCUT2D eigenvalue weighted by atomic mass is 16.5. The lowest BCUT2D eigenvalue weighted by Crippen LogP contribution is -2.39. The van der Waals surface area contributed by atoms with Crippen LogP contribution in [0.1, 0.15) is 0 Å². The van der Waals surface area contributed by atoms with E-state index in [1.165, 1.54) is 18.1 Å². The minimum atomic E-state index is -1.60. The van der Waals surface area contributed by atoms with Gasteiger partial charge >= 0.3 is 7.12 Å². The maximum absolute atomic E-state index is 8.70. The molecule has 6 nitrogen and oxygen atoms in total. The van der Waals surface area contributed by atoms with Gasteiger partial charge in [0.15, 0.2) is 5.72 Å². The van der Waals surface area contributed by atoms with E-state index in [1.807, 2.05) is 0 Å². The first kappa shape index (κ1) is 8.18. The number of hydrogen-bond donors (Lipinski definition) is 2. The summed E-state index contributed by atoms with van der Waals surface area (Å²) in [6.45, 7) is 0.160. The van der Waals surface area contributed by atoms with Gasteiger partial charge in [-0.3, -0.25) is 0 Å². The van der Waals surface area contributed by atoms with Crippen LogP contribution >= 0.6 is 0 Å². The molecule has 1 aromatic heterocycles. The average molecular weight is 157 g/mol. The Balaban J connectivity index is 2.78. The maximum Gasteiger partial charge on any atom is 0.528 e. The largest absolute Gasteiger partial charge is 0.528 e. The van der Waals surface area contributed by atoms with Crippen LogP contribution in [0.4, 0.5) is 0 Å². The Morgan fingerprint density at radius 3 is 3.00 bits per heavy atom. The van der Waals surface area contributed by atoms with E-state index in [1.54, 1.807) is 0 Å². The third-order valence-electron chi connectivity index (χ3n) is 1.13. The van der Waals surface area contributed by atoms with E-state index in [0.717, 1.165) is 0 Å². The van der Waals surface area contributed by atoms with Gasteiger partial charge in [0.25, 0.3) is 0 Å². The van der Waals surface area contributed by atoms with Crippen molar-refractivity contribution in [3.05, 3.63) is 6.33 Å². The van der Waals surface area contributed by atoms with Gasteiger partial charge in [0.05, 0.1) is 0 Å².